The molecule has 1 amide bonds. The molecule has 2 aromatic rings. The Morgan fingerprint density at radius 1 is 1.39 bits per heavy atom. The first-order chi connectivity index (χ1) is 8.81. The number of carbonyl (C=O) groups is 1. The molecule has 5 nitrogen and oxygen atoms in total. The van der Waals surface area contributed by atoms with E-state index in [4.69, 9.17) is 0 Å². The highest BCUT2D eigenvalue weighted by atomic mass is 16.1. The molecule has 5 heteroatoms. The average molecular weight is 244 g/mol. The van der Waals surface area contributed by atoms with Crippen LogP contribution in [-0.4, -0.2) is 22.6 Å². The lowest BCUT2D eigenvalue weighted by molar-refractivity contribution is 0.102. The number of nitrogens with one attached hydrogen (secondary N) is 3. The molecule has 0 aliphatic heterocycles. The molecule has 0 bridgehead atoms. The minimum Gasteiger partial charge on any atom is -0.384 e. The van der Waals surface area contributed by atoms with Crippen molar-refractivity contribution in [2.45, 2.75) is 13.3 Å². The fourth-order valence-electron chi connectivity index (χ4n) is 1.61. The van der Waals surface area contributed by atoms with Gasteiger partial charge in [-0.2, -0.15) is 5.10 Å². The zero-order valence-electron chi connectivity index (χ0n) is 10.2. The van der Waals surface area contributed by atoms with Crippen LogP contribution < -0.4 is 10.6 Å². The molecule has 0 saturated heterocycles. The monoisotopic (exact) mass is 244 g/mol. The van der Waals surface area contributed by atoms with Crippen molar-refractivity contribution in [3.63, 3.8) is 0 Å². The number of H-pyrrole nitrogens is 1. The molecule has 0 saturated carbocycles. The first-order valence-electron chi connectivity index (χ1n) is 5.94. The number of rotatable bonds is 5. The number of amides is 1. The van der Waals surface area contributed by atoms with Crippen LogP contribution in [0.5, 0.6) is 0 Å². The molecular weight excluding hydrogens is 228 g/mol. The Labute approximate surface area is 106 Å². The Morgan fingerprint density at radius 3 is 2.94 bits per heavy atom. The molecule has 94 valence electrons. The molecular formula is C13H16N4O. The van der Waals surface area contributed by atoms with Gasteiger partial charge in [-0.15, -0.1) is 0 Å². The number of nitrogens with zero attached hydrogens (tertiary/aromatic N) is 1. The van der Waals surface area contributed by atoms with Gasteiger partial charge in [-0.05, 0) is 18.6 Å². The molecule has 18 heavy (non-hydrogen) atoms. The summed E-state index contributed by atoms with van der Waals surface area (Å²) in [4.78, 5) is 12.1. The topological polar surface area (TPSA) is 69.8 Å². The molecule has 0 atom stereocenters. The lowest BCUT2D eigenvalue weighted by Gasteiger charge is -2.10. The van der Waals surface area contributed by atoms with E-state index < -0.39 is 0 Å². The maximum absolute atomic E-state index is 12.1. The van der Waals surface area contributed by atoms with Crippen molar-refractivity contribution in [1.82, 2.24) is 10.2 Å². The minimum absolute atomic E-state index is 0.143. The average Bonchev–Trinajstić information content (AvgIpc) is 2.89. The molecule has 0 aliphatic rings. The Bertz CT molecular complexity index is 507. The van der Waals surface area contributed by atoms with E-state index in [2.05, 4.69) is 27.8 Å². The van der Waals surface area contributed by atoms with Gasteiger partial charge in [-0.25, -0.2) is 0 Å². The zero-order valence-corrected chi connectivity index (χ0v) is 10.2. The lowest BCUT2D eigenvalue weighted by Crippen LogP contribution is -2.14. The molecule has 0 radical (unpaired) electrons. The Balaban J connectivity index is 2.13. The Kier molecular flexibility index (Phi) is 3.96. The van der Waals surface area contributed by atoms with Crippen molar-refractivity contribution in [3.8, 4) is 0 Å². The van der Waals surface area contributed by atoms with E-state index in [9.17, 15) is 4.79 Å². The number of hydrogen-bond donors (Lipinski definition) is 3. The summed E-state index contributed by atoms with van der Waals surface area (Å²) in [5.41, 5.74) is 2.14. The summed E-state index contributed by atoms with van der Waals surface area (Å²) in [6.07, 6.45) is 4.22. The van der Waals surface area contributed by atoms with Gasteiger partial charge in [0.1, 0.15) is 0 Å². The number of anilines is 2. The third kappa shape index (κ3) is 2.88. The number of hydrogen-bond acceptors (Lipinski definition) is 3. The highest BCUT2D eigenvalue weighted by Gasteiger charge is 2.10. The van der Waals surface area contributed by atoms with Gasteiger partial charge in [0, 0.05) is 18.4 Å². The van der Waals surface area contributed by atoms with Crippen LogP contribution in [-0.2, 0) is 0 Å². The van der Waals surface area contributed by atoms with Crippen LogP contribution in [0.1, 0.15) is 23.7 Å². The minimum atomic E-state index is -0.143. The molecule has 1 aromatic heterocycles. The molecule has 1 aromatic carbocycles. The number of aromatic nitrogens is 2. The van der Waals surface area contributed by atoms with E-state index in [1.54, 1.807) is 18.5 Å². The molecule has 3 N–H and O–H groups in total. The summed E-state index contributed by atoms with van der Waals surface area (Å²) in [7, 11) is 0. The number of para-hydroxylation sites is 1. The third-order valence-electron chi connectivity index (χ3n) is 2.49. The molecule has 1 heterocycles. The second kappa shape index (κ2) is 5.86. The van der Waals surface area contributed by atoms with Gasteiger partial charge in [-0.3, -0.25) is 9.89 Å². The van der Waals surface area contributed by atoms with Gasteiger partial charge in [0.25, 0.3) is 5.91 Å². The normalized spacial score (nSPS) is 10.1. The third-order valence-corrected chi connectivity index (χ3v) is 2.49. The maximum atomic E-state index is 12.1. The van der Waals surface area contributed by atoms with Crippen LogP contribution in [0, 0.1) is 0 Å². The van der Waals surface area contributed by atoms with Crippen molar-refractivity contribution in [2.75, 3.05) is 17.2 Å². The quantitative estimate of drug-likeness (QED) is 0.756. The van der Waals surface area contributed by atoms with Crippen LogP contribution in [0.15, 0.2) is 36.7 Å². The number of carbonyl (C=O) groups excluding carboxylic acids is 1. The van der Waals surface area contributed by atoms with Gasteiger partial charge < -0.3 is 10.6 Å². The molecule has 0 aliphatic carbocycles. The predicted molar refractivity (Wildman–Crippen MR) is 71.8 cm³/mol. The van der Waals surface area contributed by atoms with Crippen molar-refractivity contribution < 1.29 is 4.79 Å². The fraction of sp³-hybridized carbons (Fsp3) is 0.231. The largest absolute Gasteiger partial charge is 0.384 e. The number of benzene rings is 1. The Morgan fingerprint density at radius 2 is 2.22 bits per heavy atom. The highest BCUT2D eigenvalue weighted by molar-refractivity contribution is 6.07. The summed E-state index contributed by atoms with van der Waals surface area (Å²) in [5.74, 6) is -0.143. The van der Waals surface area contributed by atoms with E-state index in [0.717, 1.165) is 18.7 Å². The first-order valence-corrected chi connectivity index (χ1v) is 5.94. The van der Waals surface area contributed by atoms with E-state index >= 15 is 0 Å². The van der Waals surface area contributed by atoms with Gasteiger partial charge in [0.05, 0.1) is 17.4 Å². The zero-order chi connectivity index (χ0) is 12.8. The standard InChI is InChI=1S/C13H16N4O/c1-2-7-14-12-6-4-3-5-11(12)13(18)17-10-8-15-16-9-10/h3-6,8-9,14H,2,7H2,1H3,(H,15,16)(H,17,18). The van der Waals surface area contributed by atoms with Gasteiger partial charge in [0.2, 0.25) is 0 Å². The second-order valence-electron chi connectivity index (χ2n) is 3.91. The number of aromatic amines is 1. The van der Waals surface area contributed by atoms with Gasteiger partial charge in [0.15, 0.2) is 0 Å². The Hall–Kier alpha value is -2.30. The van der Waals surface area contributed by atoms with Crippen LogP contribution >= 0.6 is 0 Å². The van der Waals surface area contributed by atoms with E-state index in [0.29, 0.717) is 11.3 Å². The van der Waals surface area contributed by atoms with Crippen LogP contribution in [0.25, 0.3) is 0 Å². The lowest BCUT2D eigenvalue weighted by atomic mass is 10.1. The van der Waals surface area contributed by atoms with Crippen molar-refractivity contribution in [1.29, 1.82) is 0 Å². The maximum Gasteiger partial charge on any atom is 0.257 e. The van der Waals surface area contributed by atoms with E-state index in [-0.39, 0.29) is 5.91 Å². The smallest absolute Gasteiger partial charge is 0.257 e. The van der Waals surface area contributed by atoms with Crippen LogP contribution in [0.2, 0.25) is 0 Å². The van der Waals surface area contributed by atoms with Crippen molar-refractivity contribution in [3.05, 3.63) is 42.2 Å². The highest BCUT2D eigenvalue weighted by Crippen LogP contribution is 2.16. The van der Waals surface area contributed by atoms with E-state index in [1.165, 1.54) is 0 Å². The summed E-state index contributed by atoms with van der Waals surface area (Å²) >= 11 is 0. The summed E-state index contributed by atoms with van der Waals surface area (Å²) in [5, 5.41) is 12.5. The summed E-state index contributed by atoms with van der Waals surface area (Å²) < 4.78 is 0. The summed E-state index contributed by atoms with van der Waals surface area (Å²) in [6.45, 7) is 2.93. The first kappa shape index (κ1) is 12.2. The van der Waals surface area contributed by atoms with E-state index in [1.807, 2.05) is 18.2 Å². The van der Waals surface area contributed by atoms with Crippen molar-refractivity contribution in [2.24, 2.45) is 0 Å². The van der Waals surface area contributed by atoms with Gasteiger partial charge in [-0.1, -0.05) is 19.1 Å². The van der Waals surface area contributed by atoms with Crippen molar-refractivity contribution >= 4 is 17.3 Å². The molecule has 0 fully saturated rings. The predicted octanol–water partition coefficient (Wildman–Crippen LogP) is 2.48. The van der Waals surface area contributed by atoms with Crippen LogP contribution in [0.4, 0.5) is 11.4 Å². The molecule has 2 rings (SSSR count). The molecule has 0 spiro atoms. The summed E-state index contributed by atoms with van der Waals surface area (Å²) in [6, 6.07) is 7.46. The second-order valence-corrected chi connectivity index (χ2v) is 3.91. The van der Waals surface area contributed by atoms with Crippen LogP contribution in [0.3, 0.4) is 0 Å². The van der Waals surface area contributed by atoms with Gasteiger partial charge >= 0.3 is 0 Å². The molecule has 0 unspecified atom stereocenters. The SMILES string of the molecule is CCCNc1ccccc1C(=O)Nc1cn[nH]c1. The fourth-order valence-corrected chi connectivity index (χ4v) is 1.61.